The van der Waals surface area contributed by atoms with Crippen molar-refractivity contribution in [2.75, 3.05) is 11.5 Å². The van der Waals surface area contributed by atoms with Gasteiger partial charge in [0.2, 0.25) is 0 Å². The number of hydrogen-bond donors (Lipinski definition) is 1. The highest BCUT2D eigenvalue weighted by molar-refractivity contribution is 7.91. The summed E-state index contributed by atoms with van der Waals surface area (Å²) in [5.41, 5.74) is -0.536. The molecule has 0 spiro atoms. The number of carbonyl (C=O) groups is 1. The SMILES string of the molecule is CC(C)(C(=O)O)c1csc(C2CCS(=O)(=O)C2)n1. The van der Waals surface area contributed by atoms with Crippen molar-refractivity contribution in [1.82, 2.24) is 4.98 Å². The van der Waals surface area contributed by atoms with Gasteiger partial charge >= 0.3 is 5.97 Å². The van der Waals surface area contributed by atoms with E-state index < -0.39 is 21.2 Å². The third-order valence-electron chi connectivity index (χ3n) is 3.28. The molecule has 0 amide bonds. The molecular formula is C11H15NO4S2. The van der Waals surface area contributed by atoms with E-state index >= 15 is 0 Å². The van der Waals surface area contributed by atoms with Crippen LogP contribution in [-0.4, -0.2) is 36.0 Å². The molecule has 2 rings (SSSR count). The van der Waals surface area contributed by atoms with Crippen LogP contribution >= 0.6 is 11.3 Å². The normalized spacial score (nSPS) is 23.1. The van der Waals surface area contributed by atoms with Crippen LogP contribution in [0.1, 0.15) is 36.9 Å². The lowest BCUT2D eigenvalue weighted by Gasteiger charge is -2.15. The summed E-state index contributed by atoms with van der Waals surface area (Å²) in [7, 11) is -2.94. The molecule has 7 heteroatoms. The highest BCUT2D eigenvalue weighted by Gasteiger charge is 2.35. The predicted octanol–water partition coefficient (Wildman–Crippen LogP) is 1.41. The van der Waals surface area contributed by atoms with E-state index in [1.807, 2.05) is 0 Å². The predicted molar refractivity (Wildman–Crippen MR) is 68.8 cm³/mol. The van der Waals surface area contributed by atoms with E-state index in [0.717, 1.165) is 5.01 Å². The molecule has 5 nitrogen and oxygen atoms in total. The summed E-state index contributed by atoms with van der Waals surface area (Å²) in [6, 6.07) is 0. The van der Waals surface area contributed by atoms with Crippen LogP contribution in [0.25, 0.3) is 0 Å². The minimum atomic E-state index is -2.94. The Morgan fingerprint density at radius 3 is 2.72 bits per heavy atom. The van der Waals surface area contributed by atoms with Crippen molar-refractivity contribution in [3.63, 3.8) is 0 Å². The third kappa shape index (κ3) is 2.42. The van der Waals surface area contributed by atoms with E-state index in [0.29, 0.717) is 12.1 Å². The van der Waals surface area contributed by atoms with Crippen LogP contribution < -0.4 is 0 Å². The molecule has 100 valence electrons. The van der Waals surface area contributed by atoms with Gasteiger partial charge in [-0.25, -0.2) is 13.4 Å². The van der Waals surface area contributed by atoms with Gasteiger partial charge in [0, 0.05) is 11.3 Å². The van der Waals surface area contributed by atoms with E-state index in [4.69, 9.17) is 5.11 Å². The Labute approximate surface area is 110 Å². The fourth-order valence-electron chi connectivity index (χ4n) is 1.86. The van der Waals surface area contributed by atoms with Crippen LogP contribution in [0.15, 0.2) is 5.38 Å². The summed E-state index contributed by atoms with van der Waals surface area (Å²) in [6.45, 7) is 3.19. The Morgan fingerprint density at radius 2 is 2.22 bits per heavy atom. The highest BCUT2D eigenvalue weighted by Crippen LogP contribution is 2.33. The summed E-state index contributed by atoms with van der Waals surface area (Å²) in [5, 5.41) is 11.6. The molecule has 1 atom stereocenters. The van der Waals surface area contributed by atoms with E-state index in [1.165, 1.54) is 11.3 Å². The Kier molecular flexibility index (Phi) is 3.23. The minimum Gasteiger partial charge on any atom is -0.481 e. The van der Waals surface area contributed by atoms with Gasteiger partial charge in [-0.3, -0.25) is 4.79 Å². The molecule has 1 aliphatic heterocycles. The number of nitrogens with zero attached hydrogens (tertiary/aromatic N) is 1. The molecule has 18 heavy (non-hydrogen) atoms. The van der Waals surface area contributed by atoms with E-state index in [-0.39, 0.29) is 17.4 Å². The molecule has 0 saturated carbocycles. The van der Waals surface area contributed by atoms with Crippen molar-refractivity contribution < 1.29 is 18.3 Å². The van der Waals surface area contributed by atoms with Crippen LogP contribution in [0.5, 0.6) is 0 Å². The third-order valence-corrected chi connectivity index (χ3v) is 6.05. The van der Waals surface area contributed by atoms with Crippen molar-refractivity contribution in [2.45, 2.75) is 31.6 Å². The van der Waals surface area contributed by atoms with Gasteiger partial charge in [-0.1, -0.05) is 0 Å². The molecule has 1 fully saturated rings. The summed E-state index contributed by atoms with van der Waals surface area (Å²) in [4.78, 5) is 15.4. The fraction of sp³-hybridized carbons (Fsp3) is 0.636. The largest absolute Gasteiger partial charge is 0.481 e. The van der Waals surface area contributed by atoms with Gasteiger partial charge in [0.05, 0.1) is 22.2 Å². The number of carboxylic acid groups (broad SMARTS) is 1. The lowest BCUT2D eigenvalue weighted by molar-refractivity contribution is -0.142. The quantitative estimate of drug-likeness (QED) is 0.909. The maximum Gasteiger partial charge on any atom is 0.315 e. The Morgan fingerprint density at radius 1 is 1.56 bits per heavy atom. The second-order valence-corrected chi connectivity index (χ2v) is 8.22. The smallest absolute Gasteiger partial charge is 0.315 e. The second kappa shape index (κ2) is 4.31. The van der Waals surface area contributed by atoms with E-state index in [2.05, 4.69) is 4.98 Å². The molecule has 1 aromatic rings. The zero-order valence-corrected chi connectivity index (χ0v) is 11.8. The number of thiazole rings is 1. The van der Waals surface area contributed by atoms with Gasteiger partial charge in [-0.05, 0) is 20.3 Å². The fourth-order valence-corrected chi connectivity index (χ4v) is 4.84. The van der Waals surface area contributed by atoms with Crippen molar-refractivity contribution in [3.05, 3.63) is 16.1 Å². The van der Waals surface area contributed by atoms with E-state index in [9.17, 15) is 13.2 Å². The van der Waals surface area contributed by atoms with Gasteiger partial charge < -0.3 is 5.11 Å². The molecule has 0 bridgehead atoms. The maximum absolute atomic E-state index is 11.4. The number of sulfone groups is 1. The van der Waals surface area contributed by atoms with Crippen molar-refractivity contribution >= 4 is 27.1 Å². The summed E-state index contributed by atoms with van der Waals surface area (Å²) < 4.78 is 22.8. The van der Waals surface area contributed by atoms with Crippen LogP contribution in [0.4, 0.5) is 0 Å². The summed E-state index contributed by atoms with van der Waals surface area (Å²) >= 11 is 1.35. The molecule has 1 aromatic heterocycles. The van der Waals surface area contributed by atoms with Gasteiger partial charge in [0.15, 0.2) is 9.84 Å². The Hall–Kier alpha value is -0.950. The topological polar surface area (TPSA) is 84.3 Å². The summed E-state index contributed by atoms with van der Waals surface area (Å²) in [6.07, 6.45) is 0.586. The molecule has 0 aliphatic carbocycles. The molecular weight excluding hydrogens is 274 g/mol. The Balaban J connectivity index is 2.24. The zero-order chi connectivity index (χ0) is 13.6. The van der Waals surface area contributed by atoms with Gasteiger partial charge in [-0.2, -0.15) is 0 Å². The maximum atomic E-state index is 11.4. The first-order valence-corrected chi connectivity index (χ1v) is 8.32. The molecule has 0 aromatic carbocycles. The van der Waals surface area contributed by atoms with Crippen molar-refractivity contribution in [2.24, 2.45) is 0 Å². The monoisotopic (exact) mass is 289 g/mol. The second-order valence-electron chi connectivity index (χ2n) is 5.10. The number of carboxylic acids is 1. The minimum absolute atomic E-state index is 0.0710. The molecule has 1 aliphatic rings. The average Bonchev–Trinajstić information content (AvgIpc) is 2.83. The van der Waals surface area contributed by atoms with Crippen LogP contribution in [0, 0.1) is 0 Å². The van der Waals surface area contributed by atoms with Gasteiger partial charge in [0.25, 0.3) is 0 Å². The van der Waals surface area contributed by atoms with Crippen LogP contribution in [0.2, 0.25) is 0 Å². The zero-order valence-electron chi connectivity index (χ0n) is 10.2. The van der Waals surface area contributed by atoms with Gasteiger partial charge in [0.1, 0.15) is 5.41 Å². The first-order valence-electron chi connectivity index (χ1n) is 5.62. The van der Waals surface area contributed by atoms with Crippen LogP contribution in [0.3, 0.4) is 0 Å². The van der Waals surface area contributed by atoms with Crippen LogP contribution in [-0.2, 0) is 20.0 Å². The van der Waals surface area contributed by atoms with E-state index in [1.54, 1.807) is 19.2 Å². The number of rotatable bonds is 3. The highest BCUT2D eigenvalue weighted by atomic mass is 32.2. The Bertz CT molecular complexity index is 574. The van der Waals surface area contributed by atoms with Gasteiger partial charge in [-0.15, -0.1) is 11.3 Å². The molecule has 1 N–H and O–H groups in total. The first-order chi connectivity index (χ1) is 8.22. The van der Waals surface area contributed by atoms with Crippen molar-refractivity contribution in [3.8, 4) is 0 Å². The molecule has 0 radical (unpaired) electrons. The summed E-state index contributed by atoms with van der Waals surface area (Å²) in [5.74, 6) is -0.667. The number of aliphatic carboxylic acids is 1. The first kappa shape index (κ1) is 13.5. The average molecular weight is 289 g/mol. The lowest BCUT2D eigenvalue weighted by atomic mass is 9.90. The number of aromatic nitrogens is 1. The lowest BCUT2D eigenvalue weighted by Crippen LogP contribution is -2.28. The molecule has 1 saturated heterocycles. The molecule has 2 heterocycles. The number of hydrogen-bond acceptors (Lipinski definition) is 5. The van der Waals surface area contributed by atoms with Crippen molar-refractivity contribution in [1.29, 1.82) is 0 Å². The molecule has 1 unspecified atom stereocenters. The standard InChI is InChI=1S/C11H15NO4S2/c1-11(2,10(13)14)8-5-17-9(12-8)7-3-4-18(15,16)6-7/h5,7H,3-4,6H2,1-2H3,(H,13,14).